The molecule has 2 rings (SSSR count). The van der Waals surface area contributed by atoms with Crippen molar-refractivity contribution in [3.05, 3.63) is 24.3 Å². The molecule has 0 atom stereocenters. The molecule has 72 valence electrons. The molecule has 0 radical (unpaired) electrons. The average molecular weight is 180 g/mol. The first-order chi connectivity index (χ1) is 6.35. The summed E-state index contributed by atoms with van der Waals surface area (Å²) in [6, 6.07) is 0. The van der Waals surface area contributed by atoms with E-state index in [1.54, 1.807) is 0 Å². The van der Waals surface area contributed by atoms with Crippen molar-refractivity contribution in [2.24, 2.45) is 5.41 Å². The maximum Gasteiger partial charge on any atom is 0.157 e. The van der Waals surface area contributed by atoms with Crippen LogP contribution in [0.25, 0.3) is 0 Å². The van der Waals surface area contributed by atoms with Gasteiger partial charge in [-0.1, -0.05) is 31.2 Å². The third-order valence-corrected chi connectivity index (χ3v) is 2.67. The maximum atomic E-state index is 5.61. The van der Waals surface area contributed by atoms with Gasteiger partial charge in [0, 0.05) is 5.41 Å². The van der Waals surface area contributed by atoms with E-state index in [2.05, 4.69) is 31.2 Å². The molecule has 1 aliphatic carbocycles. The van der Waals surface area contributed by atoms with Crippen molar-refractivity contribution in [3.63, 3.8) is 0 Å². The van der Waals surface area contributed by atoms with E-state index in [4.69, 9.17) is 9.47 Å². The molecule has 1 spiro atoms. The standard InChI is InChI=1S/C11H16O2/c1-2-10-12-8-11(9-13-10)6-4-3-5-7-11/h3-6,10H,2,7-9H2,1H3. The van der Waals surface area contributed by atoms with Crippen molar-refractivity contribution in [1.82, 2.24) is 0 Å². The fourth-order valence-corrected chi connectivity index (χ4v) is 1.77. The summed E-state index contributed by atoms with van der Waals surface area (Å²) in [6.07, 6.45) is 10.6. The molecule has 1 heterocycles. The summed E-state index contributed by atoms with van der Waals surface area (Å²) in [4.78, 5) is 0. The van der Waals surface area contributed by atoms with Crippen LogP contribution in [0.2, 0.25) is 0 Å². The van der Waals surface area contributed by atoms with Crippen LogP contribution in [0.3, 0.4) is 0 Å². The van der Waals surface area contributed by atoms with Gasteiger partial charge in [-0.2, -0.15) is 0 Å². The highest BCUT2D eigenvalue weighted by atomic mass is 16.7. The summed E-state index contributed by atoms with van der Waals surface area (Å²) in [5, 5.41) is 0. The molecular weight excluding hydrogens is 164 g/mol. The summed E-state index contributed by atoms with van der Waals surface area (Å²) in [5.74, 6) is 0. The van der Waals surface area contributed by atoms with Crippen molar-refractivity contribution in [3.8, 4) is 0 Å². The fourth-order valence-electron chi connectivity index (χ4n) is 1.77. The largest absolute Gasteiger partial charge is 0.352 e. The van der Waals surface area contributed by atoms with E-state index in [9.17, 15) is 0 Å². The van der Waals surface area contributed by atoms with Gasteiger partial charge in [-0.05, 0) is 12.8 Å². The van der Waals surface area contributed by atoms with Crippen molar-refractivity contribution < 1.29 is 9.47 Å². The molecule has 13 heavy (non-hydrogen) atoms. The Bertz CT molecular complexity index is 222. The smallest absolute Gasteiger partial charge is 0.157 e. The lowest BCUT2D eigenvalue weighted by molar-refractivity contribution is -0.218. The lowest BCUT2D eigenvalue weighted by Gasteiger charge is -2.38. The van der Waals surface area contributed by atoms with Crippen LogP contribution in [0.4, 0.5) is 0 Å². The van der Waals surface area contributed by atoms with Gasteiger partial charge in [0.1, 0.15) is 0 Å². The Morgan fingerprint density at radius 3 is 2.62 bits per heavy atom. The molecule has 0 aromatic heterocycles. The second-order valence-corrected chi connectivity index (χ2v) is 3.81. The van der Waals surface area contributed by atoms with Crippen LogP contribution in [0.1, 0.15) is 19.8 Å². The predicted molar refractivity (Wildman–Crippen MR) is 51.3 cm³/mol. The molecule has 0 aromatic carbocycles. The van der Waals surface area contributed by atoms with Crippen LogP contribution in [-0.4, -0.2) is 19.5 Å². The minimum atomic E-state index is 0.0185. The molecule has 2 aliphatic rings. The first-order valence-electron chi connectivity index (χ1n) is 4.92. The van der Waals surface area contributed by atoms with E-state index in [1.807, 2.05) is 0 Å². The monoisotopic (exact) mass is 180 g/mol. The van der Waals surface area contributed by atoms with E-state index < -0.39 is 0 Å². The van der Waals surface area contributed by atoms with Crippen LogP contribution >= 0.6 is 0 Å². The van der Waals surface area contributed by atoms with Crippen LogP contribution in [0.5, 0.6) is 0 Å². The normalized spacial score (nSPS) is 38.4. The molecule has 1 fully saturated rings. The van der Waals surface area contributed by atoms with E-state index in [1.165, 1.54) is 0 Å². The number of ether oxygens (including phenoxy) is 2. The molecule has 1 saturated heterocycles. The van der Waals surface area contributed by atoms with Crippen LogP contribution in [-0.2, 0) is 9.47 Å². The first-order valence-corrected chi connectivity index (χ1v) is 4.92. The van der Waals surface area contributed by atoms with E-state index in [-0.39, 0.29) is 11.7 Å². The third kappa shape index (κ3) is 1.84. The van der Waals surface area contributed by atoms with Crippen molar-refractivity contribution in [2.45, 2.75) is 26.1 Å². The Morgan fingerprint density at radius 2 is 2.08 bits per heavy atom. The van der Waals surface area contributed by atoms with Gasteiger partial charge in [0.05, 0.1) is 13.2 Å². The van der Waals surface area contributed by atoms with E-state index in [0.29, 0.717) is 0 Å². The minimum Gasteiger partial charge on any atom is -0.352 e. The van der Waals surface area contributed by atoms with Crippen molar-refractivity contribution in [1.29, 1.82) is 0 Å². The molecule has 0 aromatic rings. The molecule has 0 N–H and O–H groups in total. The van der Waals surface area contributed by atoms with E-state index in [0.717, 1.165) is 26.1 Å². The zero-order chi connectivity index (χ0) is 9.15. The zero-order valence-electron chi connectivity index (χ0n) is 8.03. The molecule has 0 bridgehead atoms. The quantitative estimate of drug-likeness (QED) is 0.616. The predicted octanol–water partition coefficient (Wildman–Crippen LogP) is 2.27. The minimum absolute atomic E-state index is 0.0185. The Hall–Kier alpha value is -0.600. The lowest BCUT2D eigenvalue weighted by atomic mass is 9.83. The van der Waals surface area contributed by atoms with Crippen LogP contribution < -0.4 is 0 Å². The van der Waals surface area contributed by atoms with Gasteiger partial charge < -0.3 is 9.47 Å². The highest BCUT2D eigenvalue weighted by Gasteiger charge is 2.33. The van der Waals surface area contributed by atoms with Crippen LogP contribution in [0, 0.1) is 5.41 Å². The van der Waals surface area contributed by atoms with Gasteiger partial charge in [-0.25, -0.2) is 0 Å². The SMILES string of the molecule is CCC1OCC2(C=CC=CC2)CO1. The number of rotatable bonds is 1. The van der Waals surface area contributed by atoms with Gasteiger partial charge in [0.2, 0.25) is 0 Å². The molecule has 0 unspecified atom stereocenters. The lowest BCUT2D eigenvalue weighted by Crippen LogP contribution is -2.40. The Labute approximate surface area is 79.2 Å². The van der Waals surface area contributed by atoms with Gasteiger partial charge >= 0.3 is 0 Å². The Balaban J connectivity index is 1.96. The van der Waals surface area contributed by atoms with Gasteiger partial charge in [0.15, 0.2) is 6.29 Å². The number of allylic oxidation sites excluding steroid dienone is 3. The van der Waals surface area contributed by atoms with Crippen molar-refractivity contribution in [2.75, 3.05) is 13.2 Å². The fraction of sp³-hybridized carbons (Fsp3) is 0.636. The summed E-state index contributed by atoms with van der Waals surface area (Å²) in [7, 11) is 0. The summed E-state index contributed by atoms with van der Waals surface area (Å²) >= 11 is 0. The third-order valence-electron chi connectivity index (χ3n) is 2.67. The molecular formula is C11H16O2. The molecule has 1 aliphatic heterocycles. The van der Waals surface area contributed by atoms with E-state index >= 15 is 0 Å². The number of hydrogen-bond donors (Lipinski definition) is 0. The molecule has 0 saturated carbocycles. The second-order valence-electron chi connectivity index (χ2n) is 3.81. The summed E-state index contributed by atoms with van der Waals surface area (Å²) in [5.41, 5.74) is 0.125. The van der Waals surface area contributed by atoms with Crippen molar-refractivity contribution >= 4 is 0 Å². The zero-order valence-corrected chi connectivity index (χ0v) is 8.03. The van der Waals surface area contributed by atoms with Crippen LogP contribution in [0.15, 0.2) is 24.3 Å². The highest BCUT2D eigenvalue weighted by molar-refractivity contribution is 5.17. The van der Waals surface area contributed by atoms with Gasteiger partial charge in [0.25, 0.3) is 0 Å². The summed E-state index contributed by atoms with van der Waals surface area (Å²) < 4.78 is 11.2. The second kappa shape index (κ2) is 3.64. The highest BCUT2D eigenvalue weighted by Crippen LogP contribution is 2.33. The van der Waals surface area contributed by atoms with Gasteiger partial charge in [-0.3, -0.25) is 0 Å². The molecule has 2 heteroatoms. The Morgan fingerprint density at radius 1 is 1.31 bits per heavy atom. The molecule has 0 amide bonds. The maximum absolute atomic E-state index is 5.61. The Kier molecular flexibility index (Phi) is 2.51. The molecule has 2 nitrogen and oxygen atoms in total. The topological polar surface area (TPSA) is 18.5 Å². The average Bonchev–Trinajstić information content (AvgIpc) is 2.20. The first kappa shape index (κ1) is 8.97. The van der Waals surface area contributed by atoms with Gasteiger partial charge in [-0.15, -0.1) is 0 Å². The summed E-state index contributed by atoms with van der Waals surface area (Å²) in [6.45, 7) is 3.68. The number of hydrogen-bond acceptors (Lipinski definition) is 2.